The van der Waals surface area contributed by atoms with Crippen molar-refractivity contribution in [1.29, 1.82) is 0 Å². The average molecular weight is 488 g/mol. The summed E-state index contributed by atoms with van der Waals surface area (Å²) in [4.78, 5) is 10.1. The number of hydrogen-bond donors (Lipinski definition) is 2. The summed E-state index contributed by atoms with van der Waals surface area (Å²) in [6.45, 7) is 10.5. The molecule has 0 saturated carbocycles. The lowest BCUT2D eigenvalue weighted by atomic mass is 10.2. The number of aromatic nitrogens is 1. The lowest BCUT2D eigenvalue weighted by Gasteiger charge is -2.13. The van der Waals surface area contributed by atoms with Crippen LogP contribution in [0, 0.1) is 19.8 Å². The van der Waals surface area contributed by atoms with Crippen LogP contribution in [0.4, 0.5) is 0 Å². The summed E-state index contributed by atoms with van der Waals surface area (Å²) in [5.74, 6) is 2.19. The molecule has 0 fully saturated rings. The molecule has 2 aromatic rings. The van der Waals surface area contributed by atoms with Crippen LogP contribution < -0.4 is 15.4 Å². The van der Waals surface area contributed by atoms with E-state index in [1.165, 1.54) is 4.88 Å². The Hall–Kier alpha value is -1.35. The van der Waals surface area contributed by atoms with Crippen LogP contribution in [0.5, 0.6) is 5.75 Å². The first kappa shape index (κ1) is 22.7. The molecular formula is C19H29IN4OS. The second kappa shape index (κ2) is 11.4. The number of aliphatic imine (C=N–C) groups is 1. The van der Waals surface area contributed by atoms with E-state index in [0.717, 1.165) is 34.6 Å². The molecular weight excluding hydrogens is 459 g/mol. The van der Waals surface area contributed by atoms with E-state index in [0.29, 0.717) is 19.0 Å². The fraction of sp³-hybridized carbons (Fsp3) is 0.474. The number of halogens is 1. The fourth-order valence-electron chi connectivity index (χ4n) is 2.19. The molecule has 0 aliphatic carbocycles. The number of thiazole rings is 1. The molecule has 1 aromatic carbocycles. The molecule has 1 heterocycles. The number of nitrogens with zero attached hydrogens (tertiary/aromatic N) is 2. The van der Waals surface area contributed by atoms with Crippen molar-refractivity contribution in [3.8, 4) is 5.75 Å². The van der Waals surface area contributed by atoms with E-state index in [1.807, 2.05) is 19.1 Å². The van der Waals surface area contributed by atoms with E-state index >= 15 is 0 Å². The van der Waals surface area contributed by atoms with Crippen molar-refractivity contribution in [3.05, 3.63) is 45.4 Å². The maximum Gasteiger partial charge on any atom is 0.191 e. The van der Waals surface area contributed by atoms with Gasteiger partial charge in [0.2, 0.25) is 0 Å². The van der Waals surface area contributed by atoms with Gasteiger partial charge in [0.05, 0.1) is 18.8 Å². The third-order valence-corrected chi connectivity index (χ3v) is 4.72. The minimum absolute atomic E-state index is 0. The zero-order valence-electron chi connectivity index (χ0n) is 16.1. The van der Waals surface area contributed by atoms with Crippen LogP contribution in [-0.4, -0.2) is 24.6 Å². The number of aryl methyl sites for hydroxylation is 2. The molecule has 0 radical (unpaired) electrons. The number of nitrogens with one attached hydrogen (secondary N) is 2. The Morgan fingerprint density at radius 2 is 1.96 bits per heavy atom. The molecule has 0 amide bonds. The summed E-state index contributed by atoms with van der Waals surface area (Å²) in [6.07, 6.45) is 0. The molecule has 0 aliphatic heterocycles. The van der Waals surface area contributed by atoms with Crippen LogP contribution >= 0.6 is 35.3 Å². The number of rotatable bonds is 7. The van der Waals surface area contributed by atoms with Gasteiger partial charge in [0.25, 0.3) is 0 Å². The van der Waals surface area contributed by atoms with Gasteiger partial charge in [-0.05, 0) is 37.5 Å². The lowest BCUT2D eigenvalue weighted by molar-refractivity contribution is 0.271. The van der Waals surface area contributed by atoms with Gasteiger partial charge in [-0.25, -0.2) is 4.98 Å². The Labute approximate surface area is 177 Å². The van der Waals surface area contributed by atoms with Crippen molar-refractivity contribution < 1.29 is 4.74 Å². The van der Waals surface area contributed by atoms with Crippen molar-refractivity contribution in [2.24, 2.45) is 10.9 Å². The highest BCUT2D eigenvalue weighted by Gasteiger charge is 2.05. The van der Waals surface area contributed by atoms with Crippen LogP contribution in [0.2, 0.25) is 0 Å². The van der Waals surface area contributed by atoms with Crippen molar-refractivity contribution in [2.75, 3.05) is 13.7 Å². The third-order valence-electron chi connectivity index (χ3n) is 3.65. The largest absolute Gasteiger partial charge is 0.493 e. The van der Waals surface area contributed by atoms with Gasteiger partial charge in [-0.2, -0.15) is 0 Å². The Morgan fingerprint density at radius 3 is 2.58 bits per heavy atom. The maximum atomic E-state index is 5.78. The van der Waals surface area contributed by atoms with E-state index in [-0.39, 0.29) is 24.0 Å². The molecule has 5 nitrogen and oxygen atoms in total. The highest BCUT2D eigenvalue weighted by molar-refractivity contribution is 14.0. The van der Waals surface area contributed by atoms with E-state index in [2.05, 4.69) is 53.5 Å². The molecule has 7 heteroatoms. The lowest BCUT2D eigenvalue weighted by Crippen LogP contribution is -2.36. The first-order valence-corrected chi connectivity index (χ1v) is 9.38. The quantitative estimate of drug-likeness (QED) is 0.347. The standard InChI is InChI=1S/C19H28N4OS.HI/c1-13(2)12-24-17-8-6-7-16(9-17)10-21-19(20-5)22-11-18-23-14(3)15(4)25-18;/h6-9,13H,10-12H2,1-5H3,(H2,20,21,22);1H. The molecule has 26 heavy (non-hydrogen) atoms. The Kier molecular flexibility index (Phi) is 9.93. The number of guanidine groups is 1. The van der Waals surface area contributed by atoms with Gasteiger partial charge >= 0.3 is 0 Å². The second-order valence-electron chi connectivity index (χ2n) is 6.38. The first-order valence-electron chi connectivity index (χ1n) is 8.57. The van der Waals surface area contributed by atoms with Crippen LogP contribution in [0.3, 0.4) is 0 Å². The van der Waals surface area contributed by atoms with Gasteiger partial charge in [-0.1, -0.05) is 26.0 Å². The zero-order valence-corrected chi connectivity index (χ0v) is 19.3. The molecule has 0 spiro atoms. The summed E-state index contributed by atoms with van der Waals surface area (Å²) in [7, 11) is 1.77. The molecule has 0 bridgehead atoms. The fourth-order valence-corrected chi connectivity index (χ4v) is 3.06. The summed E-state index contributed by atoms with van der Waals surface area (Å²) in [6, 6.07) is 8.16. The predicted molar refractivity (Wildman–Crippen MR) is 121 cm³/mol. The average Bonchev–Trinajstić information content (AvgIpc) is 2.91. The van der Waals surface area contributed by atoms with E-state index in [9.17, 15) is 0 Å². The normalized spacial score (nSPS) is 11.2. The first-order chi connectivity index (χ1) is 12.0. The highest BCUT2D eigenvalue weighted by Crippen LogP contribution is 2.16. The number of benzene rings is 1. The minimum atomic E-state index is 0. The van der Waals surface area contributed by atoms with E-state index in [1.54, 1.807) is 18.4 Å². The van der Waals surface area contributed by atoms with Crippen molar-refractivity contribution in [2.45, 2.75) is 40.8 Å². The van der Waals surface area contributed by atoms with Gasteiger partial charge in [-0.15, -0.1) is 35.3 Å². The molecule has 144 valence electrons. The van der Waals surface area contributed by atoms with Crippen LogP contribution in [-0.2, 0) is 13.1 Å². The molecule has 0 aliphatic rings. The number of ether oxygens (including phenoxy) is 1. The SMILES string of the molecule is CN=C(NCc1cccc(OCC(C)C)c1)NCc1nc(C)c(C)s1.I. The van der Waals surface area contributed by atoms with Crippen LogP contribution in [0.15, 0.2) is 29.3 Å². The van der Waals surface area contributed by atoms with Gasteiger partial charge in [0.1, 0.15) is 10.8 Å². The smallest absolute Gasteiger partial charge is 0.191 e. The molecule has 2 rings (SSSR count). The molecule has 0 atom stereocenters. The van der Waals surface area contributed by atoms with Gasteiger partial charge in [0.15, 0.2) is 5.96 Å². The van der Waals surface area contributed by atoms with Gasteiger partial charge in [0, 0.05) is 18.5 Å². The van der Waals surface area contributed by atoms with Crippen LogP contribution in [0.25, 0.3) is 0 Å². The molecule has 1 aromatic heterocycles. The second-order valence-corrected chi connectivity index (χ2v) is 7.67. The van der Waals surface area contributed by atoms with Crippen molar-refractivity contribution in [3.63, 3.8) is 0 Å². The molecule has 0 unspecified atom stereocenters. The highest BCUT2D eigenvalue weighted by atomic mass is 127. The zero-order chi connectivity index (χ0) is 18.2. The van der Waals surface area contributed by atoms with Crippen molar-refractivity contribution in [1.82, 2.24) is 15.6 Å². The van der Waals surface area contributed by atoms with E-state index < -0.39 is 0 Å². The Bertz CT molecular complexity index is 696. The molecule has 0 saturated heterocycles. The monoisotopic (exact) mass is 488 g/mol. The van der Waals surface area contributed by atoms with E-state index in [4.69, 9.17) is 4.74 Å². The Balaban J connectivity index is 0.00000338. The number of hydrogen-bond acceptors (Lipinski definition) is 4. The third kappa shape index (κ3) is 7.49. The Morgan fingerprint density at radius 1 is 1.23 bits per heavy atom. The summed E-state index contributed by atoms with van der Waals surface area (Å²) >= 11 is 1.72. The topological polar surface area (TPSA) is 58.5 Å². The van der Waals surface area contributed by atoms with Crippen LogP contribution in [0.1, 0.15) is 35.0 Å². The predicted octanol–water partition coefficient (Wildman–Crippen LogP) is 4.28. The minimum Gasteiger partial charge on any atom is -0.493 e. The van der Waals surface area contributed by atoms with Gasteiger partial charge < -0.3 is 15.4 Å². The summed E-state index contributed by atoms with van der Waals surface area (Å²) in [5.41, 5.74) is 2.26. The molecule has 2 N–H and O–H groups in total. The summed E-state index contributed by atoms with van der Waals surface area (Å²) < 4.78 is 5.78. The summed E-state index contributed by atoms with van der Waals surface area (Å²) in [5, 5.41) is 7.71. The maximum absolute atomic E-state index is 5.78. The van der Waals surface area contributed by atoms with Gasteiger partial charge in [-0.3, -0.25) is 4.99 Å². The van der Waals surface area contributed by atoms with Crippen molar-refractivity contribution >= 4 is 41.3 Å².